The van der Waals surface area contributed by atoms with E-state index in [2.05, 4.69) is 18.9 Å². The molecule has 1 fully saturated rings. The van der Waals surface area contributed by atoms with Crippen molar-refractivity contribution in [1.82, 2.24) is 9.78 Å². The minimum Gasteiger partial charge on any atom is -0.383 e. The van der Waals surface area contributed by atoms with Gasteiger partial charge in [0.05, 0.1) is 16.9 Å². The molecule has 0 aliphatic heterocycles. The molecule has 3 nitrogen and oxygen atoms in total. The van der Waals surface area contributed by atoms with E-state index in [9.17, 15) is 5.11 Å². The molecule has 2 atom stereocenters. The molecule has 16 heavy (non-hydrogen) atoms. The molecule has 90 valence electrons. The zero-order chi connectivity index (χ0) is 11.8. The summed E-state index contributed by atoms with van der Waals surface area (Å²) in [6.07, 6.45) is 5.56. The van der Waals surface area contributed by atoms with E-state index in [4.69, 9.17) is 11.6 Å². The van der Waals surface area contributed by atoms with Crippen molar-refractivity contribution in [2.24, 2.45) is 5.92 Å². The van der Waals surface area contributed by atoms with Gasteiger partial charge in [-0.1, -0.05) is 25.4 Å². The number of hydrogen-bond donors (Lipinski definition) is 1. The quantitative estimate of drug-likeness (QED) is 0.885. The molecule has 4 heteroatoms. The van der Waals surface area contributed by atoms with E-state index in [1.807, 2.05) is 4.68 Å². The number of rotatable bonds is 3. The Labute approximate surface area is 101 Å². The Kier molecular flexibility index (Phi) is 3.27. The summed E-state index contributed by atoms with van der Waals surface area (Å²) in [6.45, 7) is 5.01. The predicted molar refractivity (Wildman–Crippen MR) is 64.4 cm³/mol. The normalized spacial score (nSPS) is 29.9. The van der Waals surface area contributed by atoms with E-state index in [-0.39, 0.29) is 5.92 Å². The molecule has 2 unspecified atom stereocenters. The maximum Gasteiger partial charge on any atom is 0.110 e. The van der Waals surface area contributed by atoms with Gasteiger partial charge in [-0.3, -0.25) is 4.68 Å². The third kappa shape index (κ3) is 1.76. The van der Waals surface area contributed by atoms with Crippen LogP contribution in [0.4, 0.5) is 0 Å². The molecule has 0 amide bonds. The first-order chi connectivity index (χ1) is 7.59. The molecule has 1 aromatic heterocycles. The van der Waals surface area contributed by atoms with Crippen molar-refractivity contribution in [3.8, 4) is 0 Å². The monoisotopic (exact) mass is 242 g/mol. The highest BCUT2D eigenvalue weighted by Crippen LogP contribution is 2.45. The first-order valence-corrected chi connectivity index (χ1v) is 6.41. The Hall–Kier alpha value is -0.540. The molecule has 0 aromatic carbocycles. The summed E-state index contributed by atoms with van der Waals surface area (Å²) in [5, 5.41) is 15.6. The van der Waals surface area contributed by atoms with Gasteiger partial charge in [0.15, 0.2) is 0 Å². The Morgan fingerprint density at radius 1 is 1.69 bits per heavy atom. The number of nitrogens with zero attached hydrogens (tertiary/aromatic N) is 2. The molecular weight excluding hydrogens is 224 g/mol. The van der Waals surface area contributed by atoms with E-state index in [1.165, 1.54) is 0 Å². The van der Waals surface area contributed by atoms with Crippen molar-refractivity contribution in [1.29, 1.82) is 0 Å². The van der Waals surface area contributed by atoms with Crippen LogP contribution in [0.2, 0.25) is 5.02 Å². The van der Waals surface area contributed by atoms with Crippen LogP contribution in [0.15, 0.2) is 6.20 Å². The summed E-state index contributed by atoms with van der Waals surface area (Å²) < 4.78 is 1.87. The lowest BCUT2D eigenvalue weighted by atomic mass is 9.89. The van der Waals surface area contributed by atoms with Gasteiger partial charge in [0.1, 0.15) is 5.60 Å². The summed E-state index contributed by atoms with van der Waals surface area (Å²) >= 11 is 6.17. The molecule has 0 spiro atoms. The van der Waals surface area contributed by atoms with Gasteiger partial charge < -0.3 is 5.11 Å². The summed E-state index contributed by atoms with van der Waals surface area (Å²) in [5.74, 6) is 0.261. The van der Waals surface area contributed by atoms with Crippen LogP contribution in [0.1, 0.15) is 45.2 Å². The van der Waals surface area contributed by atoms with Gasteiger partial charge in [0.2, 0.25) is 0 Å². The molecule has 1 heterocycles. The molecule has 2 rings (SSSR count). The van der Waals surface area contributed by atoms with Crippen molar-refractivity contribution < 1.29 is 5.11 Å². The maximum absolute atomic E-state index is 10.8. The van der Waals surface area contributed by atoms with E-state index < -0.39 is 5.60 Å². The van der Waals surface area contributed by atoms with Crippen LogP contribution in [0, 0.1) is 5.92 Å². The smallest absolute Gasteiger partial charge is 0.110 e. The largest absolute Gasteiger partial charge is 0.383 e. The highest BCUT2D eigenvalue weighted by molar-refractivity contribution is 6.31. The van der Waals surface area contributed by atoms with Gasteiger partial charge in [0.25, 0.3) is 0 Å². The molecule has 1 saturated carbocycles. The molecule has 1 N–H and O–H groups in total. The van der Waals surface area contributed by atoms with Crippen LogP contribution in [0.5, 0.6) is 0 Å². The minimum absolute atomic E-state index is 0.261. The minimum atomic E-state index is -0.775. The number of hydrogen-bond acceptors (Lipinski definition) is 2. The van der Waals surface area contributed by atoms with Crippen molar-refractivity contribution in [3.05, 3.63) is 16.9 Å². The van der Waals surface area contributed by atoms with Gasteiger partial charge in [-0.15, -0.1) is 0 Å². The number of aliphatic hydroxyl groups is 1. The van der Waals surface area contributed by atoms with E-state index >= 15 is 0 Å². The highest BCUT2D eigenvalue weighted by Gasteiger charge is 2.43. The topological polar surface area (TPSA) is 38.0 Å². The first kappa shape index (κ1) is 11.9. The second-order valence-corrected chi connectivity index (χ2v) is 5.19. The van der Waals surface area contributed by atoms with Gasteiger partial charge >= 0.3 is 0 Å². The third-order valence-electron chi connectivity index (χ3n) is 3.65. The molecule has 1 aromatic rings. The Morgan fingerprint density at radius 3 is 3.00 bits per heavy atom. The van der Waals surface area contributed by atoms with E-state index in [0.29, 0.717) is 5.02 Å². The highest BCUT2D eigenvalue weighted by atomic mass is 35.5. The molecule has 0 bridgehead atoms. The van der Waals surface area contributed by atoms with Crippen LogP contribution >= 0.6 is 11.6 Å². The number of halogens is 1. The first-order valence-electron chi connectivity index (χ1n) is 6.03. The fourth-order valence-electron chi connectivity index (χ4n) is 2.69. The van der Waals surface area contributed by atoms with Gasteiger partial charge in [0, 0.05) is 6.54 Å². The molecule has 0 saturated heterocycles. The van der Waals surface area contributed by atoms with Crippen molar-refractivity contribution >= 4 is 11.6 Å². The standard InChI is InChI=1S/C12H19ClN2O/c1-3-7-15-11(10(13)8-14-15)12(16)6-4-5-9(12)2/h8-9,16H,3-7H2,1-2H3. The third-order valence-corrected chi connectivity index (χ3v) is 3.93. The molecule has 0 radical (unpaired) electrons. The maximum atomic E-state index is 10.8. The average molecular weight is 243 g/mol. The van der Waals surface area contributed by atoms with Crippen LogP contribution in [0.25, 0.3) is 0 Å². The lowest BCUT2D eigenvalue weighted by Gasteiger charge is -2.29. The number of aryl methyl sites for hydroxylation is 1. The second kappa shape index (κ2) is 4.38. The zero-order valence-corrected chi connectivity index (χ0v) is 10.7. The molecule has 1 aliphatic rings. The number of aromatic nitrogens is 2. The fraction of sp³-hybridized carbons (Fsp3) is 0.750. The SMILES string of the molecule is CCCn1ncc(Cl)c1C1(O)CCCC1C. The van der Waals surface area contributed by atoms with E-state index in [0.717, 1.165) is 37.9 Å². The summed E-state index contributed by atoms with van der Waals surface area (Å²) in [5.41, 5.74) is 0.0453. The average Bonchev–Trinajstić information content (AvgIpc) is 2.74. The van der Waals surface area contributed by atoms with Crippen LogP contribution in [-0.2, 0) is 12.1 Å². The Balaban J connectivity index is 2.41. The van der Waals surface area contributed by atoms with Crippen molar-refractivity contribution in [2.45, 2.75) is 51.7 Å². The van der Waals surface area contributed by atoms with Crippen LogP contribution < -0.4 is 0 Å². The zero-order valence-electron chi connectivity index (χ0n) is 9.91. The van der Waals surface area contributed by atoms with Gasteiger partial charge in [-0.2, -0.15) is 5.10 Å². The van der Waals surface area contributed by atoms with E-state index in [1.54, 1.807) is 6.20 Å². The summed E-state index contributed by atoms with van der Waals surface area (Å²) in [7, 11) is 0. The van der Waals surface area contributed by atoms with Gasteiger partial charge in [-0.05, 0) is 31.6 Å². The Bertz CT molecular complexity index is 377. The molecular formula is C12H19ClN2O. The Morgan fingerprint density at radius 2 is 2.44 bits per heavy atom. The van der Waals surface area contributed by atoms with Crippen LogP contribution in [-0.4, -0.2) is 14.9 Å². The van der Waals surface area contributed by atoms with Crippen molar-refractivity contribution in [2.75, 3.05) is 0 Å². The summed E-state index contributed by atoms with van der Waals surface area (Å²) in [4.78, 5) is 0. The lowest BCUT2D eigenvalue weighted by Crippen LogP contribution is -2.32. The predicted octanol–water partition coefficient (Wildman–Crippen LogP) is 2.95. The fourth-order valence-corrected chi connectivity index (χ4v) is 2.99. The second-order valence-electron chi connectivity index (χ2n) is 4.78. The van der Waals surface area contributed by atoms with Crippen LogP contribution in [0.3, 0.4) is 0 Å². The van der Waals surface area contributed by atoms with Crippen molar-refractivity contribution in [3.63, 3.8) is 0 Å². The summed E-state index contributed by atoms with van der Waals surface area (Å²) in [6, 6.07) is 0. The molecule has 1 aliphatic carbocycles. The lowest BCUT2D eigenvalue weighted by molar-refractivity contribution is -0.00403. The van der Waals surface area contributed by atoms with Gasteiger partial charge in [-0.25, -0.2) is 0 Å².